The number of hydrogen-bond donors (Lipinski definition) is 3. The van der Waals surface area contributed by atoms with Crippen molar-refractivity contribution in [1.82, 2.24) is 20.2 Å². The van der Waals surface area contributed by atoms with Gasteiger partial charge < -0.3 is 25.7 Å². The number of rotatable bonds is 9. The minimum Gasteiger partial charge on any atom is -0.453 e. The summed E-state index contributed by atoms with van der Waals surface area (Å²) in [5.74, 6) is -0.162. The average Bonchev–Trinajstić information content (AvgIpc) is 3.22. The molecule has 2 aromatic heterocycles. The fraction of sp³-hybridized carbons (Fsp3) is 0.440. The zero-order valence-electron chi connectivity index (χ0n) is 19.3. The number of nitrogens with two attached hydrogens (primary N) is 1. The first kappa shape index (κ1) is 24.1. The van der Waals surface area contributed by atoms with Crippen LogP contribution in [0.2, 0.25) is 0 Å². The van der Waals surface area contributed by atoms with Gasteiger partial charge >= 0.3 is 0 Å². The average molecular weight is 472 g/mol. The maximum absolute atomic E-state index is 14.8. The molecule has 34 heavy (non-hydrogen) atoms. The van der Waals surface area contributed by atoms with Crippen LogP contribution in [0.25, 0.3) is 11.0 Å². The van der Waals surface area contributed by atoms with Gasteiger partial charge in [-0.15, -0.1) is 0 Å². The van der Waals surface area contributed by atoms with Crippen LogP contribution in [0.4, 0.5) is 8.78 Å². The van der Waals surface area contributed by atoms with Crippen LogP contribution in [0.1, 0.15) is 30.4 Å². The van der Waals surface area contributed by atoms with Gasteiger partial charge in [-0.25, -0.2) is 9.37 Å². The van der Waals surface area contributed by atoms with Crippen molar-refractivity contribution in [3.8, 4) is 11.5 Å². The van der Waals surface area contributed by atoms with E-state index in [4.69, 9.17) is 10.5 Å². The highest BCUT2D eigenvalue weighted by Crippen LogP contribution is 2.32. The van der Waals surface area contributed by atoms with Gasteiger partial charge in [-0.3, -0.25) is 9.18 Å². The number of fused-ring (bicyclic) bond motifs is 1. The summed E-state index contributed by atoms with van der Waals surface area (Å²) in [5.41, 5.74) is 8.36. The van der Waals surface area contributed by atoms with Crippen molar-refractivity contribution in [1.29, 1.82) is 0 Å². The van der Waals surface area contributed by atoms with Gasteiger partial charge in [0.1, 0.15) is 11.4 Å². The maximum atomic E-state index is 14.8. The summed E-state index contributed by atoms with van der Waals surface area (Å²) in [7, 11) is 0. The zero-order valence-corrected chi connectivity index (χ0v) is 19.3. The van der Waals surface area contributed by atoms with Gasteiger partial charge in [-0.1, -0.05) is 6.07 Å². The normalized spacial score (nSPS) is 16.0. The number of likely N-dealkylation sites (tertiary alicyclic amines) is 1. The second-order valence-corrected chi connectivity index (χ2v) is 8.85. The molecule has 1 aliphatic rings. The number of benzene rings is 1. The monoisotopic (exact) mass is 471 g/mol. The first-order chi connectivity index (χ1) is 16.4. The Hall–Kier alpha value is -3.04. The Morgan fingerprint density at radius 3 is 2.85 bits per heavy atom. The number of piperidine rings is 1. The highest BCUT2D eigenvalue weighted by Gasteiger charge is 2.23. The minimum atomic E-state index is -0.780. The van der Waals surface area contributed by atoms with Crippen molar-refractivity contribution in [3.05, 3.63) is 53.6 Å². The lowest BCUT2D eigenvalue weighted by molar-refractivity contribution is -0.123. The SMILES string of the molecule is Cc1c[nH]c2nccc(Oc3ccc(CC(N)C(=O)NC4CCN(CCCF)CC4)cc3F)c12. The molecule has 0 radical (unpaired) electrons. The molecule has 1 atom stereocenters. The highest BCUT2D eigenvalue weighted by atomic mass is 19.1. The lowest BCUT2D eigenvalue weighted by Gasteiger charge is -2.32. The molecule has 4 N–H and O–H groups in total. The van der Waals surface area contributed by atoms with Crippen LogP contribution in [0, 0.1) is 12.7 Å². The molecule has 0 spiro atoms. The summed E-state index contributed by atoms with van der Waals surface area (Å²) in [6, 6.07) is 5.60. The van der Waals surface area contributed by atoms with Crippen molar-refractivity contribution < 1.29 is 18.3 Å². The summed E-state index contributed by atoms with van der Waals surface area (Å²) in [6.07, 6.45) is 5.82. The van der Waals surface area contributed by atoms with Gasteiger partial charge in [0.2, 0.25) is 5.91 Å². The van der Waals surface area contributed by atoms with Crippen LogP contribution in [-0.4, -0.2) is 59.2 Å². The Balaban J connectivity index is 1.32. The van der Waals surface area contributed by atoms with Crippen molar-refractivity contribution in [2.45, 2.75) is 44.7 Å². The summed E-state index contributed by atoms with van der Waals surface area (Å²) in [4.78, 5) is 22.1. The number of alkyl halides is 1. The largest absolute Gasteiger partial charge is 0.453 e. The standard InChI is InChI=1S/C25H31F2N5O2/c1-16-15-30-24-23(16)22(5-9-29-24)34-21-4-3-17(13-19(21)27)14-20(28)25(33)31-18-6-11-32(12-7-18)10-2-8-26/h3-5,9,13,15,18,20H,2,6-8,10-12,14,28H2,1H3,(H,29,30)(H,31,33). The van der Waals surface area contributed by atoms with E-state index >= 15 is 0 Å². The lowest BCUT2D eigenvalue weighted by Crippen LogP contribution is -2.50. The zero-order chi connectivity index (χ0) is 24.1. The summed E-state index contributed by atoms with van der Waals surface area (Å²) < 4.78 is 33.0. The molecule has 1 aliphatic heterocycles. The molecule has 7 nitrogen and oxygen atoms in total. The Labute approximate surface area is 197 Å². The van der Waals surface area contributed by atoms with Crippen LogP contribution in [-0.2, 0) is 11.2 Å². The van der Waals surface area contributed by atoms with Gasteiger partial charge in [0.15, 0.2) is 11.6 Å². The van der Waals surface area contributed by atoms with Crippen molar-refractivity contribution >= 4 is 16.9 Å². The third-order valence-electron chi connectivity index (χ3n) is 6.28. The summed E-state index contributed by atoms with van der Waals surface area (Å²) >= 11 is 0. The van der Waals surface area contributed by atoms with Gasteiger partial charge in [0.25, 0.3) is 0 Å². The predicted molar refractivity (Wildman–Crippen MR) is 127 cm³/mol. The van der Waals surface area contributed by atoms with Gasteiger partial charge in [0, 0.05) is 38.1 Å². The Morgan fingerprint density at radius 2 is 2.12 bits per heavy atom. The molecule has 1 fully saturated rings. The van der Waals surface area contributed by atoms with E-state index < -0.39 is 11.9 Å². The number of nitrogens with one attached hydrogen (secondary N) is 2. The highest BCUT2D eigenvalue weighted by molar-refractivity contribution is 5.86. The third-order valence-corrected chi connectivity index (χ3v) is 6.28. The second-order valence-electron chi connectivity index (χ2n) is 8.85. The molecule has 0 saturated carbocycles. The fourth-order valence-corrected chi connectivity index (χ4v) is 4.38. The van der Waals surface area contributed by atoms with E-state index in [0.29, 0.717) is 23.4 Å². The first-order valence-corrected chi connectivity index (χ1v) is 11.7. The molecule has 0 aliphatic carbocycles. The number of carbonyl (C=O) groups excluding carboxylic acids is 1. The van der Waals surface area contributed by atoms with E-state index in [1.807, 2.05) is 13.1 Å². The molecule has 3 heterocycles. The van der Waals surface area contributed by atoms with E-state index in [2.05, 4.69) is 20.2 Å². The number of H-pyrrole nitrogens is 1. The number of amides is 1. The second kappa shape index (κ2) is 10.9. The fourth-order valence-electron chi connectivity index (χ4n) is 4.38. The smallest absolute Gasteiger partial charge is 0.237 e. The van der Waals surface area contributed by atoms with Gasteiger partial charge in [-0.05, 0) is 61.9 Å². The number of aromatic amines is 1. The molecule has 1 saturated heterocycles. The van der Waals surface area contributed by atoms with Crippen molar-refractivity contribution in [2.75, 3.05) is 26.3 Å². The predicted octanol–water partition coefficient (Wildman–Crippen LogP) is 3.61. The van der Waals surface area contributed by atoms with E-state index in [1.165, 1.54) is 6.07 Å². The number of hydrogen-bond acceptors (Lipinski definition) is 5. The minimum absolute atomic E-state index is 0.0572. The maximum Gasteiger partial charge on any atom is 0.237 e. The van der Waals surface area contributed by atoms with Crippen LogP contribution in [0.15, 0.2) is 36.7 Å². The van der Waals surface area contributed by atoms with Gasteiger partial charge in [-0.2, -0.15) is 0 Å². The van der Waals surface area contributed by atoms with Crippen LogP contribution in [0.5, 0.6) is 11.5 Å². The van der Waals surface area contributed by atoms with Crippen LogP contribution < -0.4 is 15.8 Å². The number of pyridine rings is 1. The van der Waals surface area contributed by atoms with E-state index in [0.717, 1.165) is 43.4 Å². The third kappa shape index (κ3) is 5.71. The topological polar surface area (TPSA) is 96.3 Å². The summed E-state index contributed by atoms with van der Waals surface area (Å²) in [5, 5.41) is 3.81. The number of nitrogens with zero attached hydrogens (tertiary/aromatic N) is 2. The number of carbonyl (C=O) groups is 1. The Bertz CT molecular complexity index is 1130. The number of ether oxygens (including phenoxy) is 1. The molecular formula is C25H31F2N5O2. The molecular weight excluding hydrogens is 440 g/mol. The Morgan fingerprint density at radius 1 is 1.32 bits per heavy atom. The number of aromatic nitrogens is 2. The van der Waals surface area contributed by atoms with Crippen LogP contribution >= 0.6 is 0 Å². The molecule has 9 heteroatoms. The van der Waals surface area contributed by atoms with Crippen molar-refractivity contribution in [3.63, 3.8) is 0 Å². The molecule has 1 unspecified atom stereocenters. The molecule has 0 bridgehead atoms. The van der Waals surface area contributed by atoms with Gasteiger partial charge in [0.05, 0.1) is 18.1 Å². The quantitative estimate of drug-likeness (QED) is 0.443. The number of aryl methyl sites for hydroxylation is 1. The van der Waals surface area contributed by atoms with E-state index in [9.17, 15) is 13.6 Å². The molecule has 1 amide bonds. The molecule has 4 rings (SSSR count). The van der Waals surface area contributed by atoms with Crippen molar-refractivity contribution in [2.24, 2.45) is 5.73 Å². The van der Waals surface area contributed by atoms with E-state index in [1.54, 1.807) is 24.4 Å². The molecule has 3 aromatic rings. The molecule has 182 valence electrons. The van der Waals surface area contributed by atoms with Crippen LogP contribution in [0.3, 0.4) is 0 Å². The van der Waals surface area contributed by atoms with E-state index in [-0.39, 0.29) is 30.8 Å². The summed E-state index contributed by atoms with van der Waals surface area (Å²) in [6.45, 7) is 4.03. The first-order valence-electron chi connectivity index (χ1n) is 11.7. The lowest BCUT2D eigenvalue weighted by atomic mass is 10.0. The molecule has 1 aromatic carbocycles. The number of halogens is 2. The Kier molecular flexibility index (Phi) is 7.74.